The van der Waals surface area contributed by atoms with Crippen LogP contribution in [-0.2, 0) is 0 Å². The van der Waals surface area contributed by atoms with E-state index in [2.05, 4.69) is 10.2 Å². The summed E-state index contributed by atoms with van der Waals surface area (Å²) in [6.07, 6.45) is 0. The number of aromatic nitrogens is 2. The first-order valence-electron chi connectivity index (χ1n) is 8.08. The molecule has 1 aromatic heterocycles. The van der Waals surface area contributed by atoms with Crippen LogP contribution in [0.4, 0.5) is 4.39 Å². The fourth-order valence-corrected chi connectivity index (χ4v) is 2.67. The molecule has 0 amide bonds. The molecule has 0 atom stereocenters. The van der Waals surface area contributed by atoms with E-state index in [1.54, 1.807) is 25.3 Å². The minimum Gasteiger partial charge on any atom is -0.497 e. The summed E-state index contributed by atoms with van der Waals surface area (Å²) in [5.74, 6) is 0.941. The van der Waals surface area contributed by atoms with E-state index in [0.29, 0.717) is 11.5 Å². The topological polar surface area (TPSA) is 48.2 Å². The Hall–Kier alpha value is -3.47. The van der Waals surface area contributed by atoms with Gasteiger partial charge in [0.05, 0.1) is 12.7 Å². The summed E-state index contributed by atoms with van der Waals surface area (Å²) in [5.41, 5.74) is 3.21. The lowest BCUT2D eigenvalue weighted by Crippen LogP contribution is -1.83. The van der Waals surface area contributed by atoms with Crippen LogP contribution in [0.25, 0.3) is 34.0 Å². The van der Waals surface area contributed by atoms with E-state index in [1.807, 2.05) is 48.5 Å². The molecule has 3 aromatic carbocycles. The smallest absolute Gasteiger partial charge is 0.251 e. The summed E-state index contributed by atoms with van der Waals surface area (Å²) in [6.45, 7) is 0. The number of hydrogen-bond donors (Lipinski definition) is 0. The largest absolute Gasteiger partial charge is 0.497 e. The molecule has 0 radical (unpaired) electrons. The minimum absolute atomic E-state index is 0.164. The SMILES string of the molecule is COc1ccc(-c2ccc(-c3nnc(-c4ccccc4F)o3)cc2)cc1. The van der Waals surface area contributed by atoms with Gasteiger partial charge in [0.2, 0.25) is 5.89 Å². The molecule has 26 heavy (non-hydrogen) atoms. The molecule has 128 valence electrons. The number of ether oxygens (including phenoxy) is 1. The van der Waals surface area contributed by atoms with Gasteiger partial charge in [0.15, 0.2) is 0 Å². The highest BCUT2D eigenvalue weighted by molar-refractivity contribution is 5.68. The standard InChI is InChI=1S/C21H15FN2O2/c1-25-17-12-10-15(11-13-17)14-6-8-16(9-7-14)20-23-24-21(26-20)18-4-2-3-5-19(18)22/h2-13H,1H3. The Bertz CT molecular complexity index is 1020. The maximum atomic E-state index is 13.8. The summed E-state index contributed by atoms with van der Waals surface area (Å²) >= 11 is 0. The second kappa shape index (κ2) is 6.80. The molecule has 0 aliphatic rings. The highest BCUT2D eigenvalue weighted by atomic mass is 19.1. The zero-order chi connectivity index (χ0) is 17.9. The Labute approximate surface area is 149 Å². The van der Waals surface area contributed by atoms with Crippen molar-refractivity contribution in [2.45, 2.75) is 0 Å². The highest BCUT2D eigenvalue weighted by Crippen LogP contribution is 2.28. The minimum atomic E-state index is -0.391. The van der Waals surface area contributed by atoms with Gasteiger partial charge < -0.3 is 9.15 Å². The zero-order valence-electron chi connectivity index (χ0n) is 14.0. The van der Waals surface area contributed by atoms with Crippen LogP contribution in [0.15, 0.2) is 77.2 Å². The maximum Gasteiger partial charge on any atom is 0.251 e. The molecule has 4 nitrogen and oxygen atoms in total. The molecule has 0 aliphatic carbocycles. The number of benzene rings is 3. The van der Waals surface area contributed by atoms with Crippen LogP contribution < -0.4 is 4.74 Å². The number of halogens is 1. The molecule has 0 saturated heterocycles. The Balaban J connectivity index is 1.60. The molecule has 0 saturated carbocycles. The number of methoxy groups -OCH3 is 1. The lowest BCUT2D eigenvalue weighted by Gasteiger charge is -2.04. The number of hydrogen-bond acceptors (Lipinski definition) is 4. The van der Waals surface area contributed by atoms with Crippen molar-refractivity contribution in [3.63, 3.8) is 0 Å². The normalized spacial score (nSPS) is 10.7. The van der Waals surface area contributed by atoms with Crippen molar-refractivity contribution in [3.05, 3.63) is 78.6 Å². The fraction of sp³-hybridized carbons (Fsp3) is 0.0476. The molecule has 0 spiro atoms. The molecular weight excluding hydrogens is 331 g/mol. The van der Waals surface area contributed by atoms with Crippen molar-refractivity contribution in [3.8, 4) is 39.8 Å². The second-order valence-electron chi connectivity index (χ2n) is 5.70. The summed E-state index contributed by atoms with van der Waals surface area (Å²) in [4.78, 5) is 0. The van der Waals surface area contributed by atoms with Gasteiger partial charge >= 0.3 is 0 Å². The van der Waals surface area contributed by atoms with Crippen LogP contribution >= 0.6 is 0 Å². The molecule has 4 rings (SSSR count). The van der Waals surface area contributed by atoms with Crippen LogP contribution in [0, 0.1) is 5.82 Å². The third kappa shape index (κ3) is 3.07. The molecule has 4 aromatic rings. The first kappa shape index (κ1) is 16.0. The molecular formula is C21H15FN2O2. The predicted molar refractivity (Wildman–Crippen MR) is 97.1 cm³/mol. The van der Waals surface area contributed by atoms with Crippen LogP contribution in [0.1, 0.15) is 0 Å². The Morgan fingerprint density at radius 1 is 0.731 bits per heavy atom. The van der Waals surface area contributed by atoms with Gasteiger partial charge in [-0.05, 0) is 47.5 Å². The second-order valence-corrected chi connectivity index (χ2v) is 5.70. The summed E-state index contributed by atoms with van der Waals surface area (Å²) in [6, 6.07) is 21.9. The summed E-state index contributed by atoms with van der Waals surface area (Å²) in [7, 11) is 1.64. The summed E-state index contributed by atoms with van der Waals surface area (Å²) in [5, 5.41) is 7.98. The Kier molecular flexibility index (Phi) is 4.19. The Morgan fingerprint density at radius 3 is 1.96 bits per heavy atom. The average molecular weight is 346 g/mol. The van der Waals surface area contributed by atoms with Crippen LogP contribution in [0.5, 0.6) is 5.75 Å². The fourth-order valence-electron chi connectivity index (χ4n) is 2.67. The van der Waals surface area contributed by atoms with E-state index < -0.39 is 5.82 Å². The van der Waals surface area contributed by atoms with Gasteiger partial charge in [0, 0.05) is 5.56 Å². The molecule has 0 bridgehead atoms. The van der Waals surface area contributed by atoms with Gasteiger partial charge in [-0.3, -0.25) is 0 Å². The van der Waals surface area contributed by atoms with Gasteiger partial charge in [-0.25, -0.2) is 4.39 Å². The van der Waals surface area contributed by atoms with E-state index in [0.717, 1.165) is 22.4 Å². The number of rotatable bonds is 4. The lowest BCUT2D eigenvalue weighted by atomic mass is 10.0. The van der Waals surface area contributed by atoms with Crippen molar-refractivity contribution >= 4 is 0 Å². The van der Waals surface area contributed by atoms with E-state index in [1.165, 1.54) is 6.07 Å². The van der Waals surface area contributed by atoms with E-state index in [9.17, 15) is 4.39 Å². The van der Waals surface area contributed by atoms with Gasteiger partial charge in [-0.2, -0.15) is 0 Å². The maximum absolute atomic E-state index is 13.8. The third-order valence-electron chi connectivity index (χ3n) is 4.08. The number of nitrogens with zero attached hydrogens (tertiary/aromatic N) is 2. The van der Waals surface area contributed by atoms with Crippen LogP contribution in [-0.4, -0.2) is 17.3 Å². The first-order chi connectivity index (χ1) is 12.7. The van der Waals surface area contributed by atoms with Crippen LogP contribution in [0.2, 0.25) is 0 Å². The molecule has 1 heterocycles. The Morgan fingerprint density at radius 2 is 1.31 bits per heavy atom. The highest BCUT2D eigenvalue weighted by Gasteiger charge is 2.13. The van der Waals surface area contributed by atoms with Gasteiger partial charge in [0.25, 0.3) is 5.89 Å². The molecule has 0 N–H and O–H groups in total. The van der Waals surface area contributed by atoms with E-state index in [4.69, 9.17) is 9.15 Å². The van der Waals surface area contributed by atoms with Gasteiger partial charge in [-0.15, -0.1) is 10.2 Å². The van der Waals surface area contributed by atoms with Crippen molar-refractivity contribution < 1.29 is 13.5 Å². The molecule has 0 aliphatic heterocycles. The van der Waals surface area contributed by atoms with Crippen LogP contribution in [0.3, 0.4) is 0 Å². The van der Waals surface area contributed by atoms with Crippen molar-refractivity contribution in [2.24, 2.45) is 0 Å². The predicted octanol–water partition coefficient (Wildman–Crippen LogP) is 5.22. The third-order valence-corrected chi connectivity index (χ3v) is 4.08. The zero-order valence-corrected chi connectivity index (χ0v) is 14.0. The van der Waals surface area contributed by atoms with E-state index in [-0.39, 0.29) is 5.89 Å². The van der Waals surface area contributed by atoms with E-state index >= 15 is 0 Å². The monoisotopic (exact) mass is 346 g/mol. The van der Waals surface area contributed by atoms with Gasteiger partial charge in [-0.1, -0.05) is 36.4 Å². The van der Waals surface area contributed by atoms with Crippen molar-refractivity contribution in [1.29, 1.82) is 0 Å². The average Bonchev–Trinajstić information content (AvgIpc) is 3.18. The van der Waals surface area contributed by atoms with Gasteiger partial charge in [0.1, 0.15) is 11.6 Å². The summed E-state index contributed by atoms with van der Waals surface area (Å²) < 4.78 is 24.7. The van der Waals surface area contributed by atoms with Crippen molar-refractivity contribution in [1.82, 2.24) is 10.2 Å². The first-order valence-corrected chi connectivity index (χ1v) is 8.08. The molecule has 0 fully saturated rings. The lowest BCUT2D eigenvalue weighted by molar-refractivity contribution is 0.415. The quantitative estimate of drug-likeness (QED) is 0.508. The van der Waals surface area contributed by atoms with Crippen molar-refractivity contribution in [2.75, 3.05) is 7.11 Å². The molecule has 0 unspecified atom stereocenters. The molecule has 5 heteroatoms.